The van der Waals surface area contributed by atoms with Crippen LogP contribution in [-0.2, 0) is 0 Å². The van der Waals surface area contributed by atoms with Crippen LogP contribution in [-0.4, -0.2) is 27.2 Å². The van der Waals surface area contributed by atoms with E-state index in [-0.39, 0.29) is 5.75 Å². The summed E-state index contributed by atoms with van der Waals surface area (Å²) >= 11 is 0. The molecular formula is C16H13N3O2. The number of methoxy groups -OCH3 is 1. The van der Waals surface area contributed by atoms with Gasteiger partial charge in [-0.1, -0.05) is 30.3 Å². The number of phenols is 1. The second kappa shape index (κ2) is 5.58. The zero-order chi connectivity index (χ0) is 14.7. The van der Waals surface area contributed by atoms with Crippen LogP contribution in [0.25, 0.3) is 22.8 Å². The number of hydrogen-bond donors (Lipinski definition) is 1. The predicted molar refractivity (Wildman–Crippen MR) is 78.9 cm³/mol. The Morgan fingerprint density at radius 2 is 1.71 bits per heavy atom. The molecule has 2 aromatic carbocycles. The van der Waals surface area contributed by atoms with Crippen LogP contribution in [0.2, 0.25) is 0 Å². The Bertz CT molecular complexity index is 760. The Hall–Kier alpha value is -2.95. The van der Waals surface area contributed by atoms with Crippen LogP contribution in [0.1, 0.15) is 0 Å². The van der Waals surface area contributed by atoms with E-state index in [0.717, 1.165) is 5.56 Å². The van der Waals surface area contributed by atoms with Crippen LogP contribution >= 0.6 is 0 Å². The van der Waals surface area contributed by atoms with Gasteiger partial charge in [-0.25, -0.2) is 15.0 Å². The topological polar surface area (TPSA) is 68.1 Å². The van der Waals surface area contributed by atoms with Gasteiger partial charge in [-0.2, -0.15) is 0 Å². The molecule has 3 rings (SSSR count). The minimum Gasteiger partial charge on any atom is -0.507 e. The van der Waals surface area contributed by atoms with Crippen molar-refractivity contribution in [2.45, 2.75) is 0 Å². The highest BCUT2D eigenvalue weighted by atomic mass is 16.5. The van der Waals surface area contributed by atoms with Crippen LogP contribution in [0, 0.1) is 0 Å². The molecule has 0 bridgehead atoms. The van der Waals surface area contributed by atoms with Gasteiger partial charge in [0.1, 0.15) is 17.8 Å². The maximum Gasteiger partial charge on any atom is 0.167 e. The Morgan fingerprint density at radius 1 is 0.952 bits per heavy atom. The van der Waals surface area contributed by atoms with Crippen molar-refractivity contribution < 1.29 is 9.84 Å². The molecule has 3 aromatic rings. The molecule has 1 N–H and O–H groups in total. The molecule has 0 fully saturated rings. The first-order chi connectivity index (χ1) is 10.3. The number of nitrogens with zero attached hydrogens (tertiary/aromatic N) is 3. The summed E-state index contributed by atoms with van der Waals surface area (Å²) in [6, 6.07) is 14.6. The monoisotopic (exact) mass is 279 g/mol. The molecule has 0 saturated carbocycles. The SMILES string of the molecule is COc1ccc(-c2ncnc(-c3ccccc3)n2)c(O)c1. The van der Waals surface area contributed by atoms with E-state index in [0.29, 0.717) is 23.0 Å². The second-order valence-corrected chi connectivity index (χ2v) is 4.38. The van der Waals surface area contributed by atoms with Gasteiger partial charge in [0.05, 0.1) is 12.7 Å². The highest BCUT2D eigenvalue weighted by Gasteiger charge is 2.10. The fraction of sp³-hybridized carbons (Fsp3) is 0.0625. The largest absolute Gasteiger partial charge is 0.507 e. The average Bonchev–Trinajstić information content (AvgIpc) is 2.55. The molecule has 5 nitrogen and oxygen atoms in total. The first kappa shape index (κ1) is 13.1. The van der Waals surface area contributed by atoms with Crippen molar-refractivity contribution in [3.8, 4) is 34.3 Å². The third kappa shape index (κ3) is 2.67. The Morgan fingerprint density at radius 3 is 2.43 bits per heavy atom. The Labute approximate surface area is 121 Å². The van der Waals surface area contributed by atoms with E-state index < -0.39 is 0 Å². The summed E-state index contributed by atoms with van der Waals surface area (Å²) in [4.78, 5) is 12.7. The number of benzene rings is 2. The van der Waals surface area contributed by atoms with Crippen LogP contribution in [0.5, 0.6) is 11.5 Å². The fourth-order valence-electron chi connectivity index (χ4n) is 1.98. The van der Waals surface area contributed by atoms with Gasteiger partial charge >= 0.3 is 0 Å². The minimum absolute atomic E-state index is 0.0690. The predicted octanol–water partition coefficient (Wildman–Crippen LogP) is 2.92. The standard InChI is InChI=1S/C16H13N3O2/c1-21-12-7-8-13(14(20)9-12)16-18-10-17-15(19-16)11-5-3-2-4-6-11/h2-10,20H,1H3. The van der Waals surface area contributed by atoms with Gasteiger partial charge in [0.2, 0.25) is 0 Å². The van der Waals surface area contributed by atoms with Crippen molar-refractivity contribution >= 4 is 0 Å². The summed E-state index contributed by atoms with van der Waals surface area (Å²) in [5, 5.41) is 10.1. The van der Waals surface area contributed by atoms with Gasteiger partial charge in [-0.3, -0.25) is 0 Å². The van der Waals surface area contributed by atoms with Crippen LogP contribution in [0.15, 0.2) is 54.9 Å². The van der Waals surface area contributed by atoms with E-state index in [9.17, 15) is 5.11 Å². The maximum absolute atomic E-state index is 10.1. The van der Waals surface area contributed by atoms with E-state index in [2.05, 4.69) is 15.0 Å². The van der Waals surface area contributed by atoms with Crippen LogP contribution < -0.4 is 4.74 Å². The molecule has 0 amide bonds. The summed E-state index contributed by atoms with van der Waals surface area (Å²) in [5.74, 6) is 1.63. The maximum atomic E-state index is 10.1. The molecule has 0 radical (unpaired) electrons. The molecule has 21 heavy (non-hydrogen) atoms. The van der Waals surface area contributed by atoms with Gasteiger partial charge < -0.3 is 9.84 Å². The number of aromatic nitrogens is 3. The van der Waals surface area contributed by atoms with E-state index in [1.165, 1.54) is 12.4 Å². The summed E-state index contributed by atoms with van der Waals surface area (Å²) < 4.78 is 5.07. The first-order valence-electron chi connectivity index (χ1n) is 6.40. The molecular weight excluding hydrogens is 266 g/mol. The smallest absolute Gasteiger partial charge is 0.167 e. The van der Waals surface area contributed by atoms with Crippen molar-refractivity contribution in [1.82, 2.24) is 15.0 Å². The van der Waals surface area contributed by atoms with Gasteiger partial charge in [0.25, 0.3) is 0 Å². The molecule has 5 heteroatoms. The fourth-order valence-corrected chi connectivity index (χ4v) is 1.98. The van der Waals surface area contributed by atoms with E-state index >= 15 is 0 Å². The summed E-state index contributed by atoms with van der Waals surface area (Å²) in [6.45, 7) is 0. The lowest BCUT2D eigenvalue weighted by Crippen LogP contribution is -1.95. The molecule has 0 aliphatic heterocycles. The summed E-state index contributed by atoms with van der Waals surface area (Å²) in [7, 11) is 1.55. The van der Waals surface area contributed by atoms with Crippen molar-refractivity contribution in [2.24, 2.45) is 0 Å². The van der Waals surface area contributed by atoms with Gasteiger partial charge in [-0.15, -0.1) is 0 Å². The van der Waals surface area contributed by atoms with Crippen molar-refractivity contribution in [3.05, 3.63) is 54.9 Å². The molecule has 0 aliphatic carbocycles. The Kier molecular flexibility index (Phi) is 3.47. The van der Waals surface area contributed by atoms with E-state index in [1.807, 2.05) is 30.3 Å². The quantitative estimate of drug-likeness (QED) is 0.798. The van der Waals surface area contributed by atoms with Gasteiger partial charge in [0.15, 0.2) is 11.6 Å². The van der Waals surface area contributed by atoms with Gasteiger partial charge in [-0.05, 0) is 12.1 Å². The zero-order valence-electron chi connectivity index (χ0n) is 11.4. The average molecular weight is 279 g/mol. The Balaban J connectivity index is 2.04. The number of hydrogen-bond acceptors (Lipinski definition) is 5. The highest BCUT2D eigenvalue weighted by molar-refractivity contribution is 5.67. The van der Waals surface area contributed by atoms with E-state index in [1.54, 1.807) is 19.2 Å². The molecule has 0 spiro atoms. The molecule has 0 aliphatic rings. The van der Waals surface area contributed by atoms with Crippen molar-refractivity contribution in [1.29, 1.82) is 0 Å². The lowest BCUT2D eigenvalue weighted by atomic mass is 10.1. The first-order valence-corrected chi connectivity index (χ1v) is 6.40. The molecule has 1 heterocycles. The van der Waals surface area contributed by atoms with Crippen molar-refractivity contribution in [3.63, 3.8) is 0 Å². The lowest BCUT2D eigenvalue weighted by molar-refractivity contribution is 0.408. The zero-order valence-corrected chi connectivity index (χ0v) is 11.4. The number of ether oxygens (including phenoxy) is 1. The molecule has 0 unspecified atom stereocenters. The molecule has 0 atom stereocenters. The lowest BCUT2D eigenvalue weighted by Gasteiger charge is -2.06. The minimum atomic E-state index is 0.0690. The van der Waals surface area contributed by atoms with Crippen LogP contribution in [0.4, 0.5) is 0 Å². The van der Waals surface area contributed by atoms with E-state index in [4.69, 9.17) is 4.74 Å². The number of phenolic OH excluding ortho intramolecular Hbond substituents is 1. The molecule has 104 valence electrons. The second-order valence-electron chi connectivity index (χ2n) is 4.38. The van der Waals surface area contributed by atoms with Crippen LogP contribution in [0.3, 0.4) is 0 Å². The third-order valence-electron chi connectivity index (χ3n) is 3.05. The normalized spacial score (nSPS) is 10.3. The molecule has 1 aromatic heterocycles. The van der Waals surface area contributed by atoms with Gasteiger partial charge in [0, 0.05) is 11.6 Å². The summed E-state index contributed by atoms with van der Waals surface area (Å²) in [5.41, 5.74) is 1.43. The number of aromatic hydroxyl groups is 1. The van der Waals surface area contributed by atoms with Crippen molar-refractivity contribution in [2.75, 3.05) is 7.11 Å². The molecule has 0 saturated heterocycles. The third-order valence-corrected chi connectivity index (χ3v) is 3.05. The number of rotatable bonds is 3. The highest BCUT2D eigenvalue weighted by Crippen LogP contribution is 2.30. The summed E-state index contributed by atoms with van der Waals surface area (Å²) in [6.07, 6.45) is 1.44.